The third-order valence-electron chi connectivity index (χ3n) is 5.00. The number of hydrogen-bond acceptors (Lipinski definition) is 4. The SMILES string of the molecule is CN(C)S(=O)(=O)N1CCC(C(=O)NCCOc2ccc3ccccc3c2)CC1. The van der Waals surface area contributed by atoms with Crippen LogP contribution in [0.4, 0.5) is 0 Å². The van der Waals surface area contributed by atoms with Crippen molar-refractivity contribution in [3.8, 4) is 5.75 Å². The highest BCUT2D eigenvalue weighted by molar-refractivity contribution is 7.86. The van der Waals surface area contributed by atoms with Crippen molar-refractivity contribution in [2.75, 3.05) is 40.3 Å². The summed E-state index contributed by atoms with van der Waals surface area (Å²) in [5.74, 6) is 0.577. The molecular formula is C20H27N3O4S. The lowest BCUT2D eigenvalue weighted by atomic mass is 9.97. The van der Waals surface area contributed by atoms with Gasteiger partial charge in [-0.3, -0.25) is 4.79 Å². The number of nitrogens with one attached hydrogen (secondary N) is 1. The molecule has 0 bridgehead atoms. The third kappa shape index (κ3) is 4.81. The second-order valence-corrected chi connectivity index (χ2v) is 9.25. The number of benzene rings is 2. The molecule has 2 aromatic carbocycles. The molecular weight excluding hydrogens is 378 g/mol. The molecule has 0 saturated carbocycles. The molecule has 0 radical (unpaired) electrons. The molecule has 1 aliphatic rings. The van der Waals surface area contributed by atoms with Crippen LogP contribution in [0.3, 0.4) is 0 Å². The summed E-state index contributed by atoms with van der Waals surface area (Å²) in [5.41, 5.74) is 0. The Bertz CT molecular complexity index is 922. The lowest BCUT2D eigenvalue weighted by molar-refractivity contribution is -0.126. The van der Waals surface area contributed by atoms with E-state index >= 15 is 0 Å². The van der Waals surface area contributed by atoms with Crippen LogP contribution < -0.4 is 10.1 Å². The molecule has 1 fully saturated rings. The Hall–Kier alpha value is -2.16. The van der Waals surface area contributed by atoms with E-state index in [1.165, 1.54) is 22.7 Å². The lowest BCUT2D eigenvalue weighted by Gasteiger charge is -2.32. The van der Waals surface area contributed by atoms with Crippen molar-refractivity contribution in [3.05, 3.63) is 42.5 Å². The topological polar surface area (TPSA) is 79.0 Å². The molecule has 0 aliphatic carbocycles. The van der Waals surface area contributed by atoms with E-state index < -0.39 is 10.2 Å². The van der Waals surface area contributed by atoms with Crippen molar-refractivity contribution in [3.63, 3.8) is 0 Å². The quantitative estimate of drug-likeness (QED) is 0.713. The number of rotatable bonds is 7. The van der Waals surface area contributed by atoms with Crippen molar-refractivity contribution in [1.29, 1.82) is 0 Å². The number of fused-ring (bicyclic) bond motifs is 1. The second kappa shape index (κ2) is 8.89. The average molecular weight is 406 g/mol. The Morgan fingerprint density at radius 2 is 1.82 bits per heavy atom. The Labute approximate surface area is 166 Å². The fourth-order valence-electron chi connectivity index (χ4n) is 3.32. The summed E-state index contributed by atoms with van der Waals surface area (Å²) >= 11 is 0. The number of amides is 1. The molecule has 1 heterocycles. The molecule has 3 rings (SSSR count). The largest absolute Gasteiger partial charge is 0.492 e. The van der Waals surface area contributed by atoms with E-state index in [-0.39, 0.29) is 11.8 Å². The summed E-state index contributed by atoms with van der Waals surface area (Å²) < 4.78 is 32.6. The van der Waals surface area contributed by atoms with Crippen molar-refractivity contribution in [1.82, 2.24) is 13.9 Å². The van der Waals surface area contributed by atoms with Crippen LogP contribution in [0.5, 0.6) is 5.75 Å². The molecule has 2 aromatic rings. The Morgan fingerprint density at radius 1 is 1.14 bits per heavy atom. The minimum absolute atomic E-state index is 0.0380. The summed E-state index contributed by atoms with van der Waals surface area (Å²) in [6.07, 6.45) is 1.06. The van der Waals surface area contributed by atoms with Crippen LogP contribution in [0.25, 0.3) is 10.8 Å². The number of hydrogen-bond donors (Lipinski definition) is 1. The molecule has 0 atom stereocenters. The molecule has 0 unspecified atom stereocenters. The molecule has 0 spiro atoms. The van der Waals surface area contributed by atoms with E-state index in [1.807, 2.05) is 36.4 Å². The molecule has 1 aliphatic heterocycles. The smallest absolute Gasteiger partial charge is 0.281 e. The molecule has 0 aromatic heterocycles. The zero-order valence-electron chi connectivity index (χ0n) is 16.3. The van der Waals surface area contributed by atoms with E-state index in [2.05, 4.69) is 11.4 Å². The van der Waals surface area contributed by atoms with Gasteiger partial charge in [0.15, 0.2) is 0 Å². The Balaban J connectivity index is 1.41. The number of nitrogens with zero attached hydrogens (tertiary/aromatic N) is 2. The van der Waals surface area contributed by atoms with Gasteiger partial charge < -0.3 is 10.1 Å². The normalized spacial score (nSPS) is 16.4. The number of piperidine rings is 1. The highest BCUT2D eigenvalue weighted by atomic mass is 32.2. The van der Waals surface area contributed by atoms with Gasteiger partial charge in [0.1, 0.15) is 12.4 Å². The molecule has 28 heavy (non-hydrogen) atoms. The first-order valence-corrected chi connectivity index (χ1v) is 10.8. The van der Waals surface area contributed by atoms with Gasteiger partial charge in [-0.15, -0.1) is 0 Å². The van der Waals surface area contributed by atoms with Crippen LogP contribution in [-0.4, -0.2) is 63.3 Å². The summed E-state index contributed by atoms with van der Waals surface area (Å²) in [4.78, 5) is 12.3. The predicted molar refractivity (Wildman–Crippen MR) is 109 cm³/mol. The van der Waals surface area contributed by atoms with Crippen molar-refractivity contribution < 1.29 is 17.9 Å². The second-order valence-electron chi connectivity index (χ2n) is 7.11. The van der Waals surface area contributed by atoms with Gasteiger partial charge in [-0.05, 0) is 35.7 Å². The van der Waals surface area contributed by atoms with Crippen LogP contribution in [0.2, 0.25) is 0 Å². The maximum absolute atomic E-state index is 12.3. The summed E-state index contributed by atoms with van der Waals surface area (Å²) in [6.45, 7) is 1.54. The first-order valence-electron chi connectivity index (χ1n) is 9.45. The van der Waals surface area contributed by atoms with E-state index in [0.717, 1.165) is 16.5 Å². The predicted octanol–water partition coefficient (Wildman–Crippen LogP) is 1.85. The van der Waals surface area contributed by atoms with Crippen LogP contribution in [-0.2, 0) is 15.0 Å². The fraction of sp³-hybridized carbons (Fsp3) is 0.450. The molecule has 152 valence electrons. The minimum Gasteiger partial charge on any atom is -0.492 e. The van der Waals surface area contributed by atoms with Gasteiger partial charge in [-0.1, -0.05) is 30.3 Å². The Morgan fingerprint density at radius 3 is 2.50 bits per heavy atom. The van der Waals surface area contributed by atoms with E-state index in [9.17, 15) is 13.2 Å². The van der Waals surface area contributed by atoms with Gasteiger partial charge in [-0.2, -0.15) is 17.0 Å². The fourth-order valence-corrected chi connectivity index (χ4v) is 4.46. The highest BCUT2D eigenvalue weighted by Gasteiger charge is 2.32. The van der Waals surface area contributed by atoms with Gasteiger partial charge in [0.2, 0.25) is 5.91 Å². The van der Waals surface area contributed by atoms with Gasteiger partial charge in [0.25, 0.3) is 10.2 Å². The van der Waals surface area contributed by atoms with Crippen molar-refractivity contribution in [2.45, 2.75) is 12.8 Å². The summed E-state index contributed by atoms with van der Waals surface area (Å²) in [5, 5.41) is 5.17. The lowest BCUT2D eigenvalue weighted by Crippen LogP contribution is -2.47. The monoisotopic (exact) mass is 405 g/mol. The summed E-state index contributed by atoms with van der Waals surface area (Å²) in [6, 6.07) is 14.0. The maximum atomic E-state index is 12.3. The van der Waals surface area contributed by atoms with Gasteiger partial charge >= 0.3 is 0 Å². The third-order valence-corrected chi connectivity index (χ3v) is 6.94. The van der Waals surface area contributed by atoms with Gasteiger partial charge in [0.05, 0.1) is 6.54 Å². The number of carbonyl (C=O) groups is 1. The summed E-state index contributed by atoms with van der Waals surface area (Å²) in [7, 11) is -0.366. The van der Waals surface area contributed by atoms with E-state index in [4.69, 9.17) is 4.74 Å². The zero-order chi connectivity index (χ0) is 20.1. The molecule has 1 saturated heterocycles. The number of ether oxygens (including phenoxy) is 1. The van der Waals surface area contributed by atoms with E-state index in [1.54, 1.807) is 0 Å². The zero-order valence-corrected chi connectivity index (χ0v) is 17.1. The minimum atomic E-state index is -3.40. The van der Waals surface area contributed by atoms with Crippen LogP contribution in [0.1, 0.15) is 12.8 Å². The first kappa shape index (κ1) is 20.6. The van der Waals surface area contributed by atoms with Gasteiger partial charge in [-0.25, -0.2) is 0 Å². The van der Waals surface area contributed by atoms with Crippen LogP contribution >= 0.6 is 0 Å². The Kier molecular flexibility index (Phi) is 6.53. The van der Waals surface area contributed by atoms with Gasteiger partial charge in [0, 0.05) is 33.1 Å². The average Bonchev–Trinajstić information content (AvgIpc) is 2.71. The van der Waals surface area contributed by atoms with Crippen molar-refractivity contribution >= 4 is 26.9 Å². The first-order chi connectivity index (χ1) is 13.4. The van der Waals surface area contributed by atoms with Crippen molar-refractivity contribution in [2.24, 2.45) is 5.92 Å². The standard InChI is InChI=1S/C20H27N3O4S/c1-22(2)28(25,26)23-12-9-17(10-13-23)20(24)21-11-14-27-19-8-7-16-5-3-4-6-18(16)15-19/h3-8,15,17H,9-14H2,1-2H3,(H,21,24). The molecule has 1 amide bonds. The highest BCUT2D eigenvalue weighted by Crippen LogP contribution is 2.21. The maximum Gasteiger partial charge on any atom is 0.281 e. The molecule has 8 heteroatoms. The molecule has 1 N–H and O–H groups in total. The number of carbonyl (C=O) groups excluding carboxylic acids is 1. The van der Waals surface area contributed by atoms with E-state index in [0.29, 0.717) is 39.1 Å². The molecule has 7 nitrogen and oxygen atoms in total. The van der Waals surface area contributed by atoms with Crippen LogP contribution in [0, 0.1) is 5.92 Å². The van der Waals surface area contributed by atoms with Crippen LogP contribution in [0.15, 0.2) is 42.5 Å².